The Morgan fingerprint density at radius 2 is 1.90 bits per heavy atom. The predicted molar refractivity (Wildman–Crippen MR) is 65.2 cm³/mol. The lowest BCUT2D eigenvalue weighted by Gasteiger charge is -2.26. The molecule has 5 nitrogen and oxygen atoms in total. The minimum Gasteiger partial charge on any atom is -0.480 e. The third-order valence-corrected chi connectivity index (χ3v) is 2.90. The molecule has 0 aromatic carbocycles. The second kappa shape index (κ2) is 6.32. The number of nitrogens with one attached hydrogen (secondary N) is 1. The molecule has 2 amide bonds. The van der Waals surface area contributed by atoms with E-state index < -0.39 is 36.8 Å². The molecule has 0 heterocycles. The molecule has 0 saturated heterocycles. The van der Waals surface area contributed by atoms with Crippen molar-refractivity contribution in [3.05, 3.63) is 0 Å². The molecule has 0 radical (unpaired) electrons. The van der Waals surface area contributed by atoms with Crippen LogP contribution in [0, 0.1) is 5.92 Å². The molecule has 0 bridgehead atoms. The molecule has 8 heteroatoms. The molecule has 1 atom stereocenters. The van der Waals surface area contributed by atoms with Gasteiger partial charge in [0.1, 0.15) is 12.6 Å². The summed E-state index contributed by atoms with van der Waals surface area (Å²) in [5.74, 6) is -1.23. The molecular formula is C12H19F3N2O3. The van der Waals surface area contributed by atoms with E-state index in [2.05, 4.69) is 5.32 Å². The number of hydrogen-bond acceptors (Lipinski definition) is 2. The van der Waals surface area contributed by atoms with Crippen molar-refractivity contribution in [2.45, 2.75) is 51.4 Å². The van der Waals surface area contributed by atoms with Gasteiger partial charge in [0.15, 0.2) is 0 Å². The summed E-state index contributed by atoms with van der Waals surface area (Å²) in [5, 5.41) is 11.2. The van der Waals surface area contributed by atoms with Crippen molar-refractivity contribution >= 4 is 12.0 Å². The van der Waals surface area contributed by atoms with Crippen LogP contribution in [0.3, 0.4) is 0 Å². The molecule has 0 aromatic rings. The number of carbonyl (C=O) groups is 2. The highest BCUT2D eigenvalue weighted by Gasteiger charge is 2.41. The zero-order valence-electron chi connectivity index (χ0n) is 11.4. The topological polar surface area (TPSA) is 69.6 Å². The molecule has 116 valence electrons. The molecule has 1 rings (SSSR count). The van der Waals surface area contributed by atoms with Crippen LogP contribution in [0.5, 0.6) is 0 Å². The quantitative estimate of drug-likeness (QED) is 0.789. The van der Waals surface area contributed by atoms with Gasteiger partial charge in [-0.25, -0.2) is 9.59 Å². The molecule has 0 aliphatic heterocycles. The molecule has 2 N–H and O–H groups in total. The number of carboxylic acids is 1. The predicted octanol–water partition coefficient (Wildman–Crippen LogP) is 2.22. The van der Waals surface area contributed by atoms with Crippen LogP contribution in [0.4, 0.5) is 18.0 Å². The van der Waals surface area contributed by atoms with Crippen LogP contribution in [0.1, 0.15) is 33.1 Å². The summed E-state index contributed by atoms with van der Waals surface area (Å²) >= 11 is 0. The second-order valence-corrected chi connectivity index (χ2v) is 5.44. The number of alkyl halides is 3. The van der Waals surface area contributed by atoms with Gasteiger partial charge in [-0.05, 0) is 25.2 Å². The fourth-order valence-electron chi connectivity index (χ4n) is 1.87. The Bertz CT molecular complexity index is 367. The zero-order valence-corrected chi connectivity index (χ0v) is 11.4. The van der Waals surface area contributed by atoms with Crippen LogP contribution in [0.15, 0.2) is 0 Å². The number of aliphatic carboxylic acids is 1. The van der Waals surface area contributed by atoms with Crippen LogP contribution in [0.2, 0.25) is 0 Å². The third kappa shape index (κ3) is 5.66. The smallest absolute Gasteiger partial charge is 0.406 e. The standard InChI is InChI=1S/C12H19F3N2O3/c1-7(2)5-9(10(18)19)16-11(20)17(8-3-4-8)6-12(13,14)15/h7-9H,3-6H2,1-2H3,(H,16,20)(H,18,19). The number of carbonyl (C=O) groups excluding carboxylic acids is 1. The molecular weight excluding hydrogens is 277 g/mol. The fourth-order valence-corrected chi connectivity index (χ4v) is 1.87. The average Bonchev–Trinajstić information content (AvgIpc) is 3.06. The normalized spacial score (nSPS) is 16.9. The van der Waals surface area contributed by atoms with E-state index in [1.807, 2.05) is 0 Å². The van der Waals surface area contributed by atoms with Gasteiger partial charge in [-0.2, -0.15) is 13.2 Å². The third-order valence-electron chi connectivity index (χ3n) is 2.90. The maximum absolute atomic E-state index is 12.4. The zero-order chi connectivity index (χ0) is 15.5. The maximum atomic E-state index is 12.4. The van der Waals surface area contributed by atoms with E-state index in [1.165, 1.54) is 0 Å². The summed E-state index contributed by atoms with van der Waals surface area (Å²) < 4.78 is 37.3. The van der Waals surface area contributed by atoms with Crippen molar-refractivity contribution in [3.63, 3.8) is 0 Å². The van der Waals surface area contributed by atoms with Crippen LogP contribution in [-0.2, 0) is 4.79 Å². The summed E-state index contributed by atoms with van der Waals surface area (Å²) in [6.45, 7) is 2.20. The molecule has 0 spiro atoms. The van der Waals surface area contributed by atoms with E-state index >= 15 is 0 Å². The Labute approximate surface area is 115 Å². The van der Waals surface area contributed by atoms with Gasteiger partial charge in [0.2, 0.25) is 0 Å². The lowest BCUT2D eigenvalue weighted by molar-refractivity contribution is -0.141. The van der Waals surface area contributed by atoms with Crippen molar-refractivity contribution in [2.75, 3.05) is 6.54 Å². The van der Waals surface area contributed by atoms with E-state index in [4.69, 9.17) is 5.11 Å². The van der Waals surface area contributed by atoms with Crippen molar-refractivity contribution in [1.29, 1.82) is 0 Å². The van der Waals surface area contributed by atoms with Gasteiger partial charge in [-0.3, -0.25) is 0 Å². The van der Waals surface area contributed by atoms with Crippen molar-refractivity contribution < 1.29 is 27.9 Å². The first-order chi connectivity index (χ1) is 9.10. The first kappa shape index (κ1) is 16.6. The number of carboxylic acid groups (broad SMARTS) is 1. The molecule has 0 aromatic heterocycles. The highest BCUT2D eigenvalue weighted by molar-refractivity contribution is 5.82. The van der Waals surface area contributed by atoms with Crippen molar-refractivity contribution in [2.24, 2.45) is 5.92 Å². The first-order valence-electron chi connectivity index (χ1n) is 6.47. The molecule has 20 heavy (non-hydrogen) atoms. The molecule has 1 aliphatic rings. The minimum atomic E-state index is -4.49. The summed E-state index contributed by atoms with van der Waals surface area (Å²) in [5.41, 5.74) is 0. The molecule has 1 unspecified atom stereocenters. The van der Waals surface area contributed by atoms with Crippen molar-refractivity contribution in [1.82, 2.24) is 10.2 Å². The number of nitrogens with zero attached hydrogens (tertiary/aromatic N) is 1. The van der Waals surface area contributed by atoms with Crippen molar-refractivity contribution in [3.8, 4) is 0 Å². The van der Waals surface area contributed by atoms with E-state index in [0.717, 1.165) is 0 Å². The lowest BCUT2D eigenvalue weighted by Crippen LogP contribution is -2.51. The van der Waals surface area contributed by atoms with Gasteiger partial charge < -0.3 is 15.3 Å². The van der Waals surface area contributed by atoms with Gasteiger partial charge in [0.25, 0.3) is 0 Å². The number of amides is 2. The van der Waals surface area contributed by atoms with E-state index in [0.29, 0.717) is 17.7 Å². The summed E-state index contributed by atoms with van der Waals surface area (Å²) in [6.07, 6.45) is -3.28. The maximum Gasteiger partial charge on any atom is 0.406 e. The highest BCUT2D eigenvalue weighted by Crippen LogP contribution is 2.30. The highest BCUT2D eigenvalue weighted by atomic mass is 19.4. The van der Waals surface area contributed by atoms with Gasteiger partial charge in [-0.15, -0.1) is 0 Å². The van der Waals surface area contributed by atoms with Gasteiger partial charge in [0, 0.05) is 6.04 Å². The first-order valence-corrected chi connectivity index (χ1v) is 6.47. The number of halogens is 3. The van der Waals surface area contributed by atoms with Crippen LogP contribution >= 0.6 is 0 Å². The van der Waals surface area contributed by atoms with Gasteiger partial charge in [0.05, 0.1) is 0 Å². The second-order valence-electron chi connectivity index (χ2n) is 5.44. The Morgan fingerprint density at radius 1 is 1.35 bits per heavy atom. The number of hydrogen-bond donors (Lipinski definition) is 2. The summed E-state index contributed by atoms with van der Waals surface area (Å²) in [7, 11) is 0. The average molecular weight is 296 g/mol. The van der Waals surface area contributed by atoms with E-state index in [-0.39, 0.29) is 12.3 Å². The number of urea groups is 1. The molecule has 1 aliphatic carbocycles. The van der Waals surface area contributed by atoms with Gasteiger partial charge in [-0.1, -0.05) is 13.8 Å². The monoisotopic (exact) mass is 296 g/mol. The Balaban J connectivity index is 2.66. The fraction of sp³-hybridized carbons (Fsp3) is 0.833. The Hall–Kier alpha value is -1.47. The van der Waals surface area contributed by atoms with E-state index in [1.54, 1.807) is 13.8 Å². The minimum absolute atomic E-state index is 0.00777. The Kier molecular flexibility index (Phi) is 5.24. The van der Waals surface area contributed by atoms with Gasteiger partial charge >= 0.3 is 18.2 Å². The van der Waals surface area contributed by atoms with Crippen LogP contribution < -0.4 is 5.32 Å². The molecule has 1 saturated carbocycles. The lowest BCUT2D eigenvalue weighted by atomic mass is 10.0. The SMILES string of the molecule is CC(C)CC(NC(=O)N(CC(F)(F)F)C1CC1)C(=O)O. The number of rotatable bonds is 6. The van der Waals surface area contributed by atoms with Crippen LogP contribution in [0.25, 0.3) is 0 Å². The molecule has 1 fully saturated rings. The largest absolute Gasteiger partial charge is 0.480 e. The van der Waals surface area contributed by atoms with E-state index in [9.17, 15) is 22.8 Å². The Morgan fingerprint density at radius 3 is 2.25 bits per heavy atom. The summed E-state index contributed by atoms with van der Waals surface area (Å²) in [6, 6.07) is -2.57. The summed E-state index contributed by atoms with van der Waals surface area (Å²) in [4.78, 5) is 23.5. The van der Waals surface area contributed by atoms with Crippen LogP contribution in [-0.4, -0.2) is 46.8 Å².